The van der Waals surface area contributed by atoms with E-state index in [-0.39, 0.29) is 0 Å². The summed E-state index contributed by atoms with van der Waals surface area (Å²) < 4.78 is 10.1. The van der Waals surface area contributed by atoms with Gasteiger partial charge in [-0.1, -0.05) is 0 Å². The highest BCUT2D eigenvalue weighted by atomic mass is 16.5. The molecule has 0 spiro atoms. The van der Waals surface area contributed by atoms with Crippen LogP contribution in [0, 0.1) is 0 Å². The summed E-state index contributed by atoms with van der Waals surface area (Å²) in [6.07, 6.45) is 1.65. The molecule has 0 aliphatic carbocycles. The highest BCUT2D eigenvalue weighted by Crippen LogP contribution is 2.10. The lowest BCUT2D eigenvalue weighted by Gasteiger charge is -2.25. The van der Waals surface area contributed by atoms with E-state index in [2.05, 4.69) is 4.90 Å². The molecule has 0 aromatic rings. The second-order valence-corrected chi connectivity index (χ2v) is 4.63. The molecule has 0 rings (SSSR count). The normalized spacial score (nSPS) is 15.2. The van der Waals surface area contributed by atoms with Crippen molar-refractivity contribution >= 4 is 0 Å². The number of hydrogen-bond donors (Lipinski definition) is 2. The van der Waals surface area contributed by atoms with E-state index in [9.17, 15) is 5.11 Å². The monoisotopic (exact) mass is 248 g/mol. The Morgan fingerprint density at radius 1 is 1.12 bits per heavy atom. The minimum absolute atomic E-state index is 0.309. The number of nitrogens with zero attached hydrogens (tertiary/aromatic N) is 1. The summed E-state index contributed by atoms with van der Waals surface area (Å²) in [4.78, 5) is 2.28. The zero-order valence-electron chi connectivity index (χ0n) is 11.4. The molecule has 0 aromatic heterocycles. The lowest BCUT2D eigenvalue weighted by molar-refractivity contribution is 0.0512. The van der Waals surface area contributed by atoms with Crippen molar-refractivity contribution < 1.29 is 14.6 Å². The van der Waals surface area contributed by atoms with Gasteiger partial charge in [-0.2, -0.15) is 0 Å². The number of hydrogen-bond acceptors (Lipinski definition) is 5. The lowest BCUT2D eigenvalue weighted by Crippen LogP contribution is -2.36. The Morgan fingerprint density at radius 3 is 2.06 bits per heavy atom. The Morgan fingerprint density at radius 2 is 1.65 bits per heavy atom. The fraction of sp³-hybridized carbons (Fsp3) is 1.00. The van der Waals surface area contributed by atoms with E-state index in [1.165, 1.54) is 0 Å². The molecule has 0 bridgehead atoms. The summed E-state index contributed by atoms with van der Waals surface area (Å²) in [6, 6.07) is 0. The van der Waals surface area contributed by atoms with Crippen LogP contribution in [0.25, 0.3) is 0 Å². The molecule has 0 saturated heterocycles. The molecule has 1 unspecified atom stereocenters. The van der Waals surface area contributed by atoms with Gasteiger partial charge in [0.15, 0.2) is 0 Å². The van der Waals surface area contributed by atoms with Crippen LogP contribution in [0.5, 0.6) is 0 Å². The Kier molecular flexibility index (Phi) is 9.68. The minimum atomic E-state index is -0.742. The van der Waals surface area contributed by atoms with Crippen LogP contribution in [-0.4, -0.2) is 69.2 Å². The molecule has 0 aromatic carbocycles. The summed E-state index contributed by atoms with van der Waals surface area (Å²) in [5, 5.41) is 9.80. The van der Waals surface area contributed by atoms with Crippen molar-refractivity contribution in [1.82, 2.24) is 4.90 Å². The van der Waals surface area contributed by atoms with E-state index >= 15 is 0 Å². The first-order valence-corrected chi connectivity index (χ1v) is 6.18. The van der Waals surface area contributed by atoms with Gasteiger partial charge >= 0.3 is 0 Å². The molecule has 3 N–H and O–H groups in total. The highest BCUT2D eigenvalue weighted by molar-refractivity contribution is 4.73. The zero-order valence-corrected chi connectivity index (χ0v) is 11.4. The molecule has 0 fully saturated rings. The van der Waals surface area contributed by atoms with Crippen LogP contribution >= 0.6 is 0 Å². The zero-order chi connectivity index (χ0) is 13.1. The van der Waals surface area contributed by atoms with E-state index in [4.69, 9.17) is 15.2 Å². The molecular weight excluding hydrogens is 220 g/mol. The first-order valence-electron chi connectivity index (χ1n) is 6.18. The van der Waals surface area contributed by atoms with Gasteiger partial charge in [0.1, 0.15) is 0 Å². The van der Waals surface area contributed by atoms with E-state index in [1.54, 1.807) is 21.1 Å². The average Bonchev–Trinajstić information content (AvgIpc) is 2.31. The molecule has 1 atom stereocenters. The maximum absolute atomic E-state index is 9.80. The third kappa shape index (κ3) is 9.50. The molecule has 0 aliphatic rings. The quantitative estimate of drug-likeness (QED) is 0.541. The summed E-state index contributed by atoms with van der Waals surface area (Å²) >= 11 is 0. The van der Waals surface area contributed by atoms with Crippen LogP contribution in [-0.2, 0) is 9.47 Å². The van der Waals surface area contributed by atoms with Crippen molar-refractivity contribution in [2.24, 2.45) is 5.73 Å². The van der Waals surface area contributed by atoms with Gasteiger partial charge in [0, 0.05) is 33.9 Å². The van der Waals surface area contributed by atoms with Gasteiger partial charge in [-0.15, -0.1) is 0 Å². The van der Waals surface area contributed by atoms with E-state index in [1.807, 2.05) is 0 Å². The lowest BCUT2D eigenvalue weighted by atomic mass is 10.0. The number of nitrogens with two attached hydrogens (primary N) is 1. The molecule has 0 saturated carbocycles. The van der Waals surface area contributed by atoms with Crippen LogP contribution < -0.4 is 5.73 Å². The Balaban J connectivity index is 3.81. The van der Waals surface area contributed by atoms with Gasteiger partial charge in [0.25, 0.3) is 0 Å². The molecule has 5 heteroatoms. The van der Waals surface area contributed by atoms with Crippen molar-refractivity contribution in [1.29, 1.82) is 0 Å². The second-order valence-electron chi connectivity index (χ2n) is 4.63. The van der Waals surface area contributed by atoms with Crippen molar-refractivity contribution in [3.63, 3.8) is 0 Å². The standard InChI is InChI=1S/C12H28N2O3/c1-12(15,11-13)5-4-6-14(7-9-16-2)8-10-17-3/h15H,4-11,13H2,1-3H3. The predicted octanol–water partition coefficient (Wildman–Crippen LogP) is 0.0711. The maximum Gasteiger partial charge on any atom is 0.0741 e. The van der Waals surface area contributed by atoms with Crippen LogP contribution in [0.4, 0.5) is 0 Å². The number of aliphatic hydroxyl groups is 1. The molecule has 104 valence electrons. The summed E-state index contributed by atoms with van der Waals surface area (Å²) in [6.45, 7) is 6.25. The molecule has 0 aliphatic heterocycles. The Hall–Kier alpha value is -0.200. The first kappa shape index (κ1) is 16.8. The molecule has 0 amide bonds. The third-order valence-corrected chi connectivity index (χ3v) is 2.85. The van der Waals surface area contributed by atoms with E-state index in [0.717, 1.165) is 45.7 Å². The van der Waals surface area contributed by atoms with Crippen LogP contribution in [0.1, 0.15) is 19.8 Å². The summed E-state index contributed by atoms with van der Waals surface area (Å²) in [5.41, 5.74) is 4.74. The van der Waals surface area contributed by atoms with Gasteiger partial charge < -0.3 is 20.3 Å². The van der Waals surface area contributed by atoms with Crippen LogP contribution in [0.2, 0.25) is 0 Å². The molecular formula is C12H28N2O3. The number of rotatable bonds is 11. The molecule has 0 heterocycles. The number of methoxy groups -OCH3 is 2. The average molecular weight is 248 g/mol. The van der Waals surface area contributed by atoms with Gasteiger partial charge in [0.05, 0.1) is 18.8 Å². The predicted molar refractivity (Wildman–Crippen MR) is 69.1 cm³/mol. The highest BCUT2D eigenvalue weighted by Gasteiger charge is 2.17. The van der Waals surface area contributed by atoms with Crippen molar-refractivity contribution in [3.05, 3.63) is 0 Å². The van der Waals surface area contributed by atoms with Crippen molar-refractivity contribution in [3.8, 4) is 0 Å². The fourth-order valence-corrected chi connectivity index (χ4v) is 1.56. The topological polar surface area (TPSA) is 68.0 Å². The molecule has 0 radical (unpaired) electrons. The fourth-order valence-electron chi connectivity index (χ4n) is 1.56. The Labute approximate surface area is 105 Å². The molecule has 17 heavy (non-hydrogen) atoms. The largest absolute Gasteiger partial charge is 0.389 e. The minimum Gasteiger partial charge on any atom is -0.389 e. The van der Waals surface area contributed by atoms with Crippen LogP contribution in [0.3, 0.4) is 0 Å². The van der Waals surface area contributed by atoms with E-state index in [0.29, 0.717) is 6.54 Å². The Bertz CT molecular complexity index is 169. The van der Waals surface area contributed by atoms with E-state index < -0.39 is 5.60 Å². The maximum atomic E-state index is 9.80. The molecule has 5 nitrogen and oxygen atoms in total. The third-order valence-electron chi connectivity index (χ3n) is 2.85. The smallest absolute Gasteiger partial charge is 0.0741 e. The summed E-state index contributed by atoms with van der Waals surface area (Å²) in [7, 11) is 3.40. The van der Waals surface area contributed by atoms with Gasteiger partial charge in [-0.25, -0.2) is 0 Å². The SMILES string of the molecule is COCCN(CCCC(C)(O)CN)CCOC. The van der Waals surface area contributed by atoms with Gasteiger partial charge in [-0.3, -0.25) is 4.90 Å². The first-order chi connectivity index (χ1) is 8.05. The van der Waals surface area contributed by atoms with Crippen molar-refractivity contribution in [2.75, 3.05) is 53.6 Å². The number of ether oxygens (including phenoxy) is 2. The second kappa shape index (κ2) is 9.79. The van der Waals surface area contributed by atoms with Crippen molar-refractivity contribution in [2.45, 2.75) is 25.4 Å². The van der Waals surface area contributed by atoms with Crippen LogP contribution in [0.15, 0.2) is 0 Å². The summed E-state index contributed by atoms with van der Waals surface area (Å²) in [5.74, 6) is 0. The van der Waals surface area contributed by atoms with Gasteiger partial charge in [0.2, 0.25) is 0 Å². The van der Waals surface area contributed by atoms with Gasteiger partial charge in [-0.05, 0) is 26.3 Å².